The quantitative estimate of drug-likeness (QED) is 0.497. The Morgan fingerprint density at radius 1 is 1.67 bits per heavy atom. The second-order valence-corrected chi connectivity index (χ2v) is 1.90. The zero-order valence-electron chi connectivity index (χ0n) is 7.23. The molecule has 6 heteroatoms. The number of rotatable bonds is 4. The van der Waals surface area contributed by atoms with E-state index in [0.29, 0.717) is 6.61 Å². The topological polar surface area (TPSA) is 74.5 Å². The molecular weight excluding hydrogens is 162 g/mol. The van der Waals surface area contributed by atoms with E-state index in [1.165, 1.54) is 7.05 Å². The van der Waals surface area contributed by atoms with Crippen LogP contribution in [0.4, 0.5) is 4.79 Å². The number of carbonyl (C=O) groups excluding carboxylic acids is 1. The van der Waals surface area contributed by atoms with Crippen LogP contribution in [0.2, 0.25) is 0 Å². The summed E-state index contributed by atoms with van der Waals surface area (Å²) in [6, 6.07) is 0. The van der Waals surface area contributed by atoms with Crippen molar-refractivity contribution >= 4 is 6.09 Å². The normalized spacial score (nSPS) is 10.2. The van der Waals surface area contributed by atoms with Gasteiger partial charge in [-0.1, -0.05) is 5.22 Å². The van der Waals surface area contributed by atoms with Crippen molar-refractivity contribution in [2.24, 2.45) is 10.3 Å². The van der Waals surface area contributed by atoms with E-state index in [4.69, 9.17) is 5.11 Å². The molecule has 0 bridgehead atoms. The van der Waals surface area contributed by atoms with Gasteiger partial charge in [-0.05, 0) is 6.92 Å². The van der Waals surface area contributed by atoms with E-state index in [2.05, 4.69) is 15.1 Å². The molecule has 0 aliphatic rings. The molecule has 70 valence electrons. The van der Waals surface area contributed by atoms with Crippen molar-refractivity contribution in [3.8, 4) is 0 Å². The maximum atomic E-state index is 10.8. The van der Waals surface area contributed by atoms with Crippen LogP contribution in [0.3, 0.4) is 0 Å². The first-order chi connectivity index (χ1) is 5.72. The molecule has 0 aromatic heterocycles. The van der Waals surface area contributed by atoms with Gasteiger partial charge >= 0.3 is 6.09 Å². The molecule has 6 nitrogen and oxygen atoms in total. The van der Waals surface area contributed by atoms with Crippen molar-refractivity contribution in [1.29, 1.82) is 0 Å². The monoisotopic (exact) mass is 175 g/mol. The Balaban J connectivity index is 3.69. The highest BCUT2D eigenvalue weighted by atomic mass is 16.6. The number of amides is 1. The third kappa shape index (κ3) is 4.62. The van der Waals surface area contributed by atoms with Gasteiger partial charge < -0.3 is 9.84 Å². The van der Waals surface area contributed by atoms with Gasteiger partial charge in [-0.3, -0.25) is 0 Å². The van der Waals surface area contributed by atoms with Crippen molar-refractivity contribution in [1.82, 2.24) is 5.01 Å². The number of ether oxygens (including phenoxy) is 1. The molecule has 0 saturated carbocycles. The van der Waals surface area contributed by atoms with Crippen LogP contribution >= 0.6 is 0 Å². The molecule has 0 atom stereocenters. The van der Waals surface area contributed by atoms with E-state index in [1.54, 1.807) is 6.92 Å². The highest BCUT2D eigenvalue weighted by Crippen LogP contribution is 1.91. The molecular formula is C6H13N3O3. The molecule has 0 heterocycles. The number of hydrogen-bond acceptors (Lipinski definition) is 5. The SMILES string of the molecule is CCOC(=O)N(C)/N=N\CCO. The summed E-state index contributed by atoms with van der Waals surface area (Å²) >= 11 is 0. The fraction of sp³-hybridized carbons (Fsp3) is 0.833. The van der Waals surface area contributed by atoms with Crippen molar-refractivity contribution in [3.05, 3.63) is 0 Å². The third-order valence-electron chi connectivity index (χ3n) is 0.929. The lowest BCUT2D eigenvalue weighted by Gasteiger charge is -2.07. The van der Waals surface area contributed by atoms with Crippen molar-refractivity contribution in [2.75, 3.05) is 26.8 Å². The highest BCUT2D eigenvalue weighted by molar-refractivity contribution is 5.66. The summed E-state index contributed by atoms with van der Waals surface area (Å²) in [4.78, 5) is 10.8. The summed E-state index contributed by atoms with van der Waals surface area (Å²) in [5.41, 5.74) is 0. The smallest absolute Gasteiger partial charge is 0.431 e. The van der Waals surface area contributed by atoms with Gasteiger partial charge in [-0.15, -0.1) is 0 Å². The van der Waals surface area contributed by atoms with Crippen molar-refractivity contribution in [3.63, 3.8) is 0 Å². The van der Waals surface area contributed by atoms with E-state index in [-0.39, 0.29) is 13.2 Å². The number of hydrogen-bond donors (Lipinski definition) is 1. The summed E-state index contributed by atoms with van der Waals surface area (Å²) in [6.45, 7) is 2.11. The number of carbonyl (C=O) groups is 1. The molecule has 1 N–H and O–H groups in total. The lowest BCUT2D eigenvalue weighted by atomic mass is 10.8. The zero-order chi connectivity index (χ0) is 9.40. The fourth-order valence-electron chi connectivity index (χ4n) is 0.438. The minimum absolute atomic E-state index is 0.0832. The van der Waals surface area contributed by atoms with Crippen LogP contribution in [0.25, 0.3) is 0 Å². The van der Waals surface area contributed by atoms with Gasteiger partial charge in [0.2, 0.25) is 0 Å². The highest BCUT2D eigenvalue weighted by Gasteiger charge is 2.06. The molecule has 0 spiro atoms. The van der Waals surface area contributed by atoms with Gasteiger partial charge in [0, 0.05) is 7.05 Å². The van der Waals surface area contributed by atoms with Crippen molar-refractivity contribution < 1.29 is 14.6 Å². The van der Waals surface area contributed by atoms with Crippen LogP contribution in [0.5, 0.6) is 0 Å². The van der Waals surface area contributed by atoms with E-state index in [1.807, 2.05) is 0 Å². The maximum Gasteiger partial charge on any atom is 0.431 e. The predicted molar refractivity (Wildman–Crippen MR) is 41.6 cm³/mol. The Hall–Kier alpha value is -1.17. The number of aliphatic hydroxyl groups excluding tert-OH is 1. The summed E-state index contributed by atoms with van der Waals surface area (Å²) in [6.07, 6.45) is -0.556. The first kappa shape index (κ1) is 10.8. The van der Waals surface area contributed by atoms with Gasteiger partial charge in [0.05, 0.1) is 19.8 Å². The van der Waals surface area contributed by atoms with E-state index in [9.17, 15) is 4.79 Å². The van der Waals surface area contributed by atoms with Crippen LogP contribution in [0.1, 0.15) is 6.92 Å². The minimum Gasteiger partial charge on any atom is -0.448 e. The summed E-state index contributed by atoms with van der Waals surface area (Å²) < 4.78 is 4.61. The van der Waals surface area contributed by atoms with Gasteiger partial charge in [0.25, 0.3) is 0 Å². The van der Waals surface area contributed by atoms with Crippen LogP contribution in [0.15, 0.2) is 10.3 Å². The predicted octanol–water partition coefficient (Wildman–Crippen LogP) is 0.434. The molecule has 0 radical (unpaired) electrons. The number of aliphatic hydroxyl groups is 1. The minimum atomic E-state index is -0.556. The molecule has 0 aromatic carbocycles. The molecule has 0 aromatic rings. The van der Waals surface area contributed by atoms with Gasteiger partial charge in [-0.2, -0.15) is 10.1 Å². The van der Waals surface area contributed by atoms with Gasteiger partial charge in [0.1, 0.15) is 0 Å². The average molecular weight is 175 g/mol. The fourth-order valence-corrected chi connectivity index (χ4v) is 0.438. The standard InChI is InChI=1S/C6H13N3O3/c1-3-12-6(11)9(2)8-7-4-5-10/h10H,3-5H2,1-2H3/b8-7-. The largest absolute Gasteiger partial charge is 0.448 e. The molecule has 0 aliphatic heterocycles. The first-order valence-corrected chi connectivity index (χ1v) is 3.61. The van der Waals surface area contributed by atoms with Crippen LogP contribution in [-0.2, 0) is 4.74 Å². The van der Waals surface area contributed by atoms with Crippen LogP contribution < -0.4 is 0 Å². The molecule has 0 unspecified atom stereocenters. The molecule has 0 rings (SSSR count). The summed E-state index contributed by atoms with van der Waals surface area (Å²) in [7, 11) is 1.43. The molecule has 0 aliphatic carbocycles. The first-order valence-electron chi connectivity index (χ1n) is 3.61. The lowest BCUT2D eigenvalue weighted by molar-refractivity contribution is 0.114. The Morgan fingerprint density at radius 2 is 2.33 bits per heavy atom. The third-order valence-corrected chi connectivity index (χ3v) is 0.929. The average Bonchev–Trinajstić information content (AvgIpc) is 2.05. The lowest BCUT2D eigenvalue weighted by Crippen LogP contribution is -2.21. The van der Waals surface area contributed by atoms with Crippen molar-refractivity contribution in [2.45, 2.75) is 6.92 Å². The van der Waals surface area contributed by atoms with E-state index in [0.717, 1.165) is 5.01 Å². The molecule has 1 amide bonds. The zero-order valence-corrected chi connectivity index (χ0v) is 7.23. The molecule has 12 heavy (non-hydrogen) atoms. The summed E-state index contributed by atoms with van der Waals surface area (Å²) in [5.74, 6) is 0. The Labute approximate surface area is 70.8 Å². The maximum absolute atomic E-state index is 10.8. The second kappa shape index (κ2) is 6.53. The Kier molecular flexibility index (Phi) is 5.90. The Bertz CT molecular complexity index is 160. The number of nitrogens with zero attached hydrogens (tertiary/aromatic N) is 3. The molecule has 0 saturated heterocycles. The second-order valence-electron chi connectivity index (χ2n) is 1.90. The van der Waals surface area contributed by atoms with E-state index < -0.39 is 6.09 Å². The van der Waals surface area contributed by atoms with Gasteiger partial charge in [-0.25, -0.2) is 4.79 Å². The van der Waals surface area contributed by atoms with Gasteiger partial charge in [0.15, 0.2) is 0 Å². The molecule has 0 fully saturated rings. The van der Waals surface area contributed by atoms with Crippen LogP contribution in [0, 0.1) is 0 Å². The Morgan fingerprint density at radius 3 is 2.83 bits per heavy atom. The summed E-state index contributed by atoms with van der Waals surface area (Å²) in [5, 5.41) is 16.3. The van der Waals surface area contributed by atoms with Crippen LogP contribution in [-0.4, -0.2) is 43.0 Å². The van der Waals surface area contributed by atoms with E-state index >= 15 is 0 Å².